The van der Waals surface area contributed by atoms with Crippen LogP contribution in [0.15, 0.2) is 72.8 Å². The van der Waals surface area contributed by atoms with Crippen molar-refractivity contribution in [1.29, 1.82) is 5.26 Å². The molecule has 1 aliphatic carbocycles. The molecule has 0 heterocycles. The molecule has 202 valence electrons. The zero-order chi connectivity index (χ0) is 28.5. The van der Waals surface area contributed by atoms with E-state index in [1.165, 1.54) is 6.07 Å². The Bertz CT molecular complexity index is 1370. The number of carbonyl (C=O) groups is 2. The standard InChI is InChI=1S/C26H21F3N2O2S.C3H6N2/c27-26(28,29)21-13-19(17-6-2-1-3-7-17)12-20(14-21)25(10-11-25)31-24(34)22-9-5-4-8-18(22)15-30-23(33)16-32;1-5-3-2-4/h1-9,12-14,16H,10-11,15H2,(H,30,33)(H,31,34);5H,3H2,1H3. The largest absolute Gasteiger partial charge is 0.416 e. The first-order valence-corrected chi connectivity index (χ1v) is 12.5. The quantitative estimate of drug-likeness (QED) is 0.160. The molecule has 39 heavy (non-hydrogen) atoms. The summed E-state index contributed by atoms with van der Waals surface area (Å²) in [5.74, 6) is -0.746. The molecule has 1 saturated carbocycles. The lowest BCUT2D eigenvalue weighted by molar-refractivity contribution is -0.137. The summed E-state index contributed by atoms with van der Waals surface area (Å²) in [4.78, 5) is 22.3. The van der Waals surface area contributed by atoms with Crippen LogP contribution in [0.4, 0.5) is 13.2 Å². The zero-order valence-electron chi connectivity index (χ0n) is 21.1. The van der Waals surface area contributed by atoms with E-state index in [0.29, 0.717) is 52.2 Å². The summed E-state index contributed by atoms with van der Waals surface area (Å²) >= 11 is 5.62. The SMILES string of the molecule is CNCC#N.O=CC(=O)NCc1ccccc1C(=S)NC1(c2cc(-c3ccccc3)cc(C(F)(F)F)c2)CC1. The number of rotatable bonds is 8. The Hall–Kier alpha value is -4.07. The first kappa shape index (κ1) is 29.5. The summed E-state index contributed by atoms with van der Waals surface area (Å²) in [6, 6.07) is 22.1. The summed E-state index contributed by atoms with van der Waals surface area (Å²) < 4.78 is 41.2. The Balaban J connectivity index is 0.000000771. The minimum atomic E-state index is -4.49. The molecule has 3 N–H and O–H groups in total. The fourth-order valence-electron chi connectivity index (χ4n) is 3.96. The summed E-state index contributed by atoms with van der Waals surface area (Å²) in [5, 5.41) is 16.2. The van der Waals surface area contributed by atoms with Gasteiger partial charge >= 0.3 is 6.18 Å². The third-order valence-corrected chi connectivity index (χ3v) is 6.42. The normalized spacial score (nSPS) is 13.2. The van der Waals surface area contributed by atoms with Crippen LogP contribution >= 0.6 is 12.2 Å². The van der Waals surface area contributed by atoms with Crippen molar-refractivity contribution in [3.8, 4) is 17.2 Å². The van der Waals surface area contributed by atoms with Gasteiger partial charge < -0.3 is 16.0 Å². The predicted octanol–water partition coefficient (Wildman–Crippen LogP) is 4.87. The lowest BCUT2D eigenvalue weighted by Crippen LogP contribution is -2.35. The Morgan fingerprint density at radius 1 is 1.05 bits per heavy atom. The molecule has 0 aliphatic heterocycles. The Kier molecular flexibility index (Phi) is 9.93. The Morgan fingerprint density at radius 3 is 2.28 bits per heavy atom. The Morgan fingerprint density at radius 2 is 1.72 bits per heavy atom. The fraction of sp³-hybridized carbons (Fsp3) is 0.241. The maximum absolute atomic E-state index is 13.7. The van der Waals surface area contributed by atoms with E-state index in [2.05, 4.69) is 16.0 Å². The smallest absolute Gasteiger partial charge is 0.366 e. The van der Waals surface area contributed by atoms with Gasteiger partial charge in [0, 0.05) is 12.1 Å². The molecule has 0 spiro atoms. The zero-order valence-corrected chi connectivity index (χ0v) is 22.0. The van der Waals surface area contributed by atoms with Crippen LogP contribution in [0.1, 0.15) is 35.1 Å². The van der Waals surface area contributed by atoms with E-state index < -0.39 is 23.2 Å². The van der Waals surface area contributed by atoms with Gasteiger partial charge in [-0.1, -0.05) is 66.8 Å². The van der Waals surface area contributed by atoms with E-state index in [4.69, 9.17) is 17.5 Å². The lowest BCUT2D eigenvalue weighted by atomic mass is 9.94. The van der Waals surface area contributed by atoms with Gasteiger partial charge in [0.1, 0.15) is 4.99 Å². The second-order valence-corrected chi connectivity index (χ2v) is 9.29. The molecule has 0 atom stereocenters. The molecule has 0 radical (unpaired) electrons. The van der Waals surface area contributed by atoms with Crippen molar-refractivity contribution in [2.75, 3.05) is 13.6 Å². The van der Waals surface area contributed by atoms with Gasteiger partial charge in [-0.05, 0) is 60.3 Å². The Labute approximate surface area is 230 Å². The van der Waals surface area contributed by atoms with Crippen LogP contribution in [-0.2, 0) is 27.8 Å². The van der Waals surface area contributed by atoms with Gasteiger partial charge in [-0.15, -0.1) is 0 Å². The number of halogens is 3. The third kappa shape index (κ3) is 7.96. The van der Waals surface area contributed by atoms with Crippen molar-refractivity contribution in [1.82, 2.24) is 16.0 Å². The van der Waals surface area contributed by atoms with Crippen LogP contribution < -0.4 is 16.0 Å². The summed E-state index contributed by atoms with van der Waals surface area (Å²) in [6.07, 6.45) is -3.03. The number of amides is 1. The number of hydrogen-bond donors (Lipinski definition) is 3. The third-order valence-electron chi connectivity index (χ3n) is 6.10. The van der Waals surface area contributed by atoms with Crippen LogP contribution in [0.5, 0.6) is 0 Å². The highest BCUT2D eigenvalue weighted by Gasteiger charge is 2.46. The first-order chi connectivity index (χ1) is 18.6. The highest BCUT2D eigenvalue weighted by atomic mass is 32.1. The molecule has 0 aromatic heterocycles. The van der Waals surface area contributed by atoms with Crippen molar-refractivity contribution in [2.45, 2.75) is 31.1 Å². The van der Waals surface area contributed by atoms with E-state index in [-0.39, 0.29) is 12.8 Å². The maximum atomic E-state index is 13.7. The van der Waals surface area contributed by atoms with Crippen LogP contribution in [-0.4, -0.2) is 30.8 Å². The molecule has 0 unspecified atom stereocenters. The van der Waals surface area contributed by atoms with Crippen molar-refractivity contribution in [3.05, 3.63) is 95.1 Å². The number of hydrogen-bond acceptors (Lipinski definition) is 5. The topological polar surface area (TPSA) is 94.0 Å². The van der Waals surface area contributed by atoms with E-state index in [1.807, 2.05) is 12.1 Å². The van der Waals surface area contributed by atoms with Gasteiger partial charge in [-0.3, -0.25) is 9.59 Å². The minimum absolute atomic E-state index is 0.101. The number of nitriles is 1. The average Bonchev–Trinajstić information content (AvgIpc) is 3.73. The first-order valence-electron chi connectivity index (χ1n) is 12.1. The predicted molar refractivity (Wildman–Crippen MR) is 147 cm³/mol. The molecule has 0 bridgehead atoms. The van der Waals surface area contributed by atoms with Gasteiger partial charge in [-0.2, -0.15) is 18.4 Å². The molecule has 1 amide bonds. The van der Waals surface area contributed by atoms with Crippen LogP contribution in [0.2, 0.25) is 0 Å². The molecule has 3 aromatic rings. The number of aldehydes is 1. The molecule has 1 aliphatic rings. The van der Waals surface area contributed by atoms with Crippen molar-refractivity contribution >= 4 is 29.4 Å². The second kappa shape index (κ2) is 13.1. The number of thiocarbonyl (C=S) groups is 1. The van der Waals surface area contributed by atoms with E-state index >= 15 is 0 Å². The fourth-order valence-corrected chi connectivity index (χ4v) is 4.35. The molecule has 1 fully saturated rings. The van der Waals surface area contributed by atoms with E-state index in [9.17, 15) is 22.8 Å². The minimum Gasteiger partial charge on any atom is -0.366 e. The highest BCUT2D eigenvalue weighted by molar-refractivity contribution is 7.80. The maximum Gasteiger partial charge on any atom is 0.416 e. The monoisotopic (exact) mass is 552 g/mol. The van der Waals surface area contributed by atoms with Crippen molar-refractivity contribution in [2.24, 2.45) is 0 Å². The molecule has 0 saturated heterocycles. The highest BCUT2D eigenvalue weighted by Crippen LogP contribution is 2.48. The van der Waals surface area contributed by atoms with Gasteiger partial charge in [0.05, 0.1) is 23.7 Å². The van der Waals surface area contributed by atoms with Gasteiger partial charge in [0.25, 0.3) is 5.91 Å². The number of nitrogens with zero attached hydrogens (tertiary/aromatic N) is 1. The summed E-state index contributed by atoms with van der Waals surface area (Å²) in [7, 11) is 1.74. The summed E-state index contributed by atoms with van der Waals surface area (Å²) in [6.45, 7) is 0.546. The molecular weight excluding hydrogens is 525 g/mol. The number of benzene rings is 3. The molecule has 10 heteroatoms. The number of carbonyl (C=O) groups excluding carboxylic acids is 2. The van der Waals surface area contributed by atoms with E-state index in [0.717, 1.165) is 6.07 Å². The van der Waals surface area contributed by atoms with Crippen molar-refractivity contribution in [3.63, 3.8) is 0 Å². The van der Waals surface area contributed by atoms with E-state index in [1.54, 1.807) is 61.6 Å². The molecule has 4 rings (SSSR count). The van der Waals surface area contributed by atoms with Crippen molar-refractivity contribution < 1.29 is 22.8 Å². The molecule has 3 aromatic carbocycles. The van der Waals surface area contributed by atoms with Crippen LogP contribution in [0, 0.1) is 11.3 Å². The lowest BCUT2D eigenvalue weighted by Gasteiger charge is -2.23. The van der Waals surface area contributed by atoms with Gasteiger partial charge in [-0.25, -0.2) is 0 Å². The van der Waals surface area contributed by atoms with Gasteiger partial charge in [0.2, 0.25) is 6.29 Å². The van der Waals surface area contributed by atoms with Gasteiger partial charge in [0.15, 0.2) is 0 Å². The molecule has 6 nitrogen and oxygen atoms in total. The summed E-state index contributed by atoms with van der Waals surface area (Å²) in [5.41, 5.74) is 1.63. The number of alkyl halides is 3. The van der Waals surface area contributed by atoms with Crippen LogP contribution in [0.3, 0.4) is 0 Å². The van der Waals surface area contributed by atoms with Crippen LogP contribution in [0.25, 0.3) is 11.1 Å². The second-order valence-electron chi connectivity index (χ2n) is 8.88. The molecular formula is C29H27F3N4O2S. The number of nitrogens with one attached hydrogen (secondary N) is 3. The average molecular weight is 553 g/mol.